The van der Waals surface area contributed by atoms with Gasteiger partial charge < -0.3 is 23.8 Å². The van der Waals surface area contributed by atoms with Gasteiger partial charge in [-0.3, -0.25) is 9.59 Å². The van der Waals surface area contributed by atoms with Crippen LogP contribution in [0.15, 0.2) is 46.9 Å². The fourth-order valence-corrected chi connectivity index (χ4v) is 9.03. The summed E-state index contributed by atoms with van der Waals surface area (Å²) in [5, 5.41) is 9.67. The van der Waals surface area contributed by atoms with Gasteiger partial charge in [-0.1, -0.05) is 35.0 Å². The van der Waals surface area contributed by atoms with Gasteiger partial charge in [-0.15, -0.1) is 0 Å². The molecule has 9 heteroatoms. The van der Waals surface area contributed by atoms with Crippen LogP contribution in [0.4, 0.5) is 15.5 Å². The first kappa shape index (κ1) is 24.6. The Kier molecular flexibility index (Phi) is 6.18. The summed E-state index contributed by atoms with van der Waals surface area (Å²) >= 11 is 3.54. The molecule has 2 aromatic carbocycles. The number of halogens is 2. The van der Waals surface area contributed by atoms with Gasteiger partial charge >= 0.3 is 0 Å². The van der Waals surface area contributed by atoms with Gasteiger partial charge in [0.25, 0.3) is 5.91 Å². The van der Waals surface area contributed by atoms with Crippen LogP contribution in [-0.4, -0.2) is 44.6 Å². The van der Waals surface area contributed by atoms with Crippen LogP contribution in [0.5, 0.6) is 0 Å². The molecule has 0 radical (unpaired) electrons. The highest BCUT2D eigenvalue weighted by atomic mass is 79.9. The lowest BCUT2D eigenvalue weighted by atomic mass is 9.82. The molecule has 1 N–H and O–H groups in total. The number of aliphatic hydroxyl groups is 1. The van der Waals surface area contributed by atoms with Crippen molar-refractivity contribution in [1.29, 1.82) is 0 Å². The summed E-state index contributed by atoms with van der Waals surface area (Å²) in [4.78, 5) is 29.4. The molecule has 3 heterocycles. The molecule has 4 atom stereocenters. The molecule has 6 nitrogen and oxygen atoms in total. The molecule has 186 valence electrons. The molecular weight excluding hydrogens is 531 g/mol. The Balaban J connectivity index is 1.52. The van der Waals surface area contributed by atoms with E-state index in [2.05, 4.69) is 15.9 Å². The number of hydrogen-bond donors (Lipinski definition) is 1. The minimum absolute atomic E-state index is 0.118. The summed E-state index contributed by atoms with van der Waals surface area (Å²) in [6.45, 7) is 6.18. The number of ether oxygens (including phenoxy) is 1. The molecule has 0 bridgehead atoms. The number of fused-ring (bicyclic) bond motifs is 2. The fraction of sp³-hybridized carbons (Fsp3) is 0.462. The van der Waals surface area contributed by atoms with Gasteiger partial charge in [-0.25, -0.2) is 0 Å². The second-order valence-electron chi connectivity index (χ2n) is 10.3. The van der Waals surface area contributed by atoms with Crippen molar-refractivity contribution < 1.29 is 23.5 Å². The first-order valence-corrected chi connectivity index (χ1v) is 15.8. The molecule has 0 aliphatic carbocycles. The second kappa shape index (κ2) is 8.79. The predicted molar refractivity (Wildman–Crippen MR) is 139 cm³/mol. The lowest BCUT2D eigenvalue weighted by Crippen LogP contribution is -2.45. The van der Waals surface area contributed by atoms with E-state index >= 15 is 4.11 Å². The Bertz CT molecular complexity index is 1170. The molecule has 35 heavy (non-hydrogen) atoms. The number of carbonyl (C=O) groups is 2. The van der Waals surface area contributed by atoms with Crippen molar-refractivity contribution in [3.05, 3.63) is 58.1 Å². The van der Waals surface area contributed by atoms with Crippen molar-refractivity contribution in [3.63, 3.8) is 0 Å². The van der Waals surface area contributed by atoms with E-state index in [-0.39, 0.29) is 24.3 Å². The molecule has 0 unspecified atom stereocenters. The third-order valence-corrected chi connectivity index (χ3v) is 10.7. The van der Waals surface area contributed by atoms with Gasteiger partial charge in [0.05, 0.1) is 18.3 Å². The van der Waals surface area contributed by atoms with E-state index < -0.39 is 25.7 Å². The first-order valence-electron chi connectivity index (χ1n) is 12.1. The minimum atomic E-state index is -3.21. The van der Waals surface area contributed by atoms with Crippen molar-refractivity contribution in [2.45, 2.75) is 56.7 Å². The van der Waals surface area contributed by atoms with Crippen LogP contribution in [0.2, 0.25) is 18.6 Å². The molecule has 3 aliphatic rings. The number of hydrogen-bond acceptors (Lipinski definition) is 4. The number of rotatable bonds is 6. The van der Waals surface area contributed by atoms with Gasteiger partial charge in [0.1, 0.15) is 0 Å². The van der Waals surface area contributed by atoms with E-state index in [1.165, 1.54) is 0 Å². The van der Waals surface area contributed by atoms with E-state index in [1.54, 1.807) is 22.9 Å². The van der Waals surface area contributed by atoms with Crippen LogP contribution in [0.25, 0.3) is 0 Å². The van der Waals surface area contributed by atoms with E-state index in [0.717, 1.165) is 33.5 Å². The van der Waals surface area contributed by atoms with Crippen LogP contribution in [-0.2, 0) is 26.5 Å². The van der Waals surface area contributed by atoms with Gasteiger partial charge in [0.15, 0.2) is 5.60 Å². The number of benzene rings is 2. The normalized spacial score (nSPS) is 28.1. The van der Waals surface area contributed by atoms with Gasteiger partial charge in [-0.2, -0.15) is 0 Å². The maximum Gasteiger partial charge on any atom is 0.264 e. The highest BCUT2D eigenvalue weighted by Gasteiger charge is 2.66. The average molecular weight is 562 g/mol. The molecule has 0 saturated carbocycles. The fourth-order valence-electron chi connectivity index (χ4n) is 6.13. The Morgan fingerprint density at radius 2 is 1.91 bits per heavy atom. The number of amides is 2. The van der Waals surface area contributed by atoms with Gasteiger partial charge in [0, 0.05) is 46.8 Å². The highest BCUT2D eigenvalue weighted by Crippen LogP contribution is 2.60. The van der Waals surface area contributed by atoms with Crippen molar-refractivity contribution in [3.8, 4) is 0 Å². The zero-order valence-corrected chi connectivity index (χ0v) is 22.7. The van der Waals surface area contributed by atoms with E-state index in [0.29, 0.717) is 19.4 Å². The molecule has 0 aromatic heterocycles. The number of anilines is 2. The number of nitrogens with zero attached hydrogens (tertiary/aromatic N) is 2. The molecule has 5 rings (SSSR count). The molecular formula is C26H30BrFN2O4Si. The lowest BCUT2D eigenvalue weighted by molar-refractivity contribution is -0.146. The average Bonchev–Trinajstić information content (AvgIpc) is 3.21. The highest BCUT2D eigenvalue weighted by molar-refractivity contribution is 9.10. The van der Waals surface area contributed by atoms with Gasteiger partial charge in [-0.05, 0) is 55.4 Å². The monoisotopic (exact) mass is 560 g/mol. The number of carbonyl (C=O) groups excluding carboxylic acids is 2. The van der Waals surface area contributed by atoms with Crippen LogP contribution < -0.4 is 9.80 Å². The Morgan fingerprint density at radius 1 is 1.20 bits per heavy atom. The summed E-state index contributed by atoms with van der Waals surface area (Å²) in [5.74, 6) is -0.451. The maximum absolute atomic E-state index is 15.6. The zero-order valence-electron chi connectivity index (χ0n) is 20.1. The van der Waals surface area contributed by atoms with Crippen LogP contribution in [0.1, 0.15) is 30.9 Å². The third-order valence-electron chi connectivity index (χ3n) is 7.78. The van der Waals surface area contributed by atoms with E-state index in [1.807, 2.05) is 49.4 Å². The summed E-state index contributed by atoms with van der Waals surface area (Å²) in [6.07, 6.45) is 0.350. The van der Waals surface area contributed by atoms with Gasteiger partial charge in [0.2, 0.25) is 14.3 Å². The Labute approximate surface area is 214 Å². The summed E-state index contributed by atoms with van der Waals surface area (Å²) < 4.78 is 22.9. The largest absolute Gasteiger partial charge is 0.396 e. The molecule has 2 fully saturated rings. The zero-order chi connectivity index (χ0) is 25.1. The topological polar surface area (TPSA) is 70.1 Å². The Morgan fingerprint density at radius 3 is 2.49 bits per heavy atom. The molecule has 3 aliphatic heterocycles. The molecule has 2 amide bonds. The number of aliphatic hydroxyl groups excluding tert-OH is 1. The van der Waals surface area contributed by atoms with Crippen molar-refractivity contribution in [1.82, 2.24) is 0 Å². The second-order valence-corrected chi connectivity index (χ2v) is 15.0. The van der Waals surface area contributed by atoms with Crippen molar-refractivity contribution >= 4 is 47.5 Å². The van der Waals surface area contributed by atoms with Crippen LogP contribution in [0, 0.1) is 5.92 Å². The van der Waals surface area contributed by atoms with Crippen LogP contribution in [0.3, 0.4) is 0 Å². The Hall–Kier alpha value is -2.07. The molecule has 1 spiro atoms. The molecule has 2 saturated heterocycles. The van der Waals surface area contributed by atoms with Crippen molar-refractivity contribution in [2.24, 2.45) is 5.92 Å². The third kappa shape index (κ3) is 3.87. The minimum Gasteiger partial charge on any atom is -0.396 e. The summed E-state index contributed by atoms with van der Waals surface area (Å²) in [7, 11) is -3.21. The lowest BCUT2D eigenvalue weighted by Gasteiger charge is -2.31. The standard InChI is InChI=1S/C26H30BrFN2O4Si/c1-16-24(35(2,3)28)22(11-13-31)34-26(16)20-14-18(27)6-9-21(20)30(25(26)33)15-17-4-7-19(8-5-17)29-12-10-23(29)32/h4-9,14,16,22,24,31H,10-13,15H2,1-3H3/t16-,22+,24-,26+/m1/s1. The SMILES string of the molecule is C[C@@H]1[C@@H]([Si](C)(C)F)[C@H](CCO)O[C@@]12C(=O)N(Cc1ccc(N3CCC3=O)cc1)c1ccc(Br)cc12. The predicted octanol–water partition coefficient (Wildman–Crippen LogP) is 4.89. The molecule has 2 aromatic rings. The van der Waals surface area contributed by atoms with E-state index in [9.17, 15) is 14.7 Å². The van der Waals surface area contributed by atoms with Crippen LogP contribution >= 0.6 is 15.9 Å². The summed E-state index contributed by atoms with van der Waals surface area (Å²) in [5.41, 5.74) is 1.58. The number of β-lactam (4-membered cyclic amide) rings is 1. The van der Waals surface area contributed by atoms with E-state index in [4.69, 9.17) is 4.74 Å². The smallest absolute Gasteiger partial charge is 0.264 e. The summed E-state index contributed by atoms with van der Waals surface area (Å²) in [6, 6.07) is 13.4. The van der Waals surface area contributed by atoms with Crippen molar-refractivity contribution in [2.75, 3.05) is 23.0 Å². The first-order chi connectivity index (χ1) is 16.6. The quantitative estimate of drug-likeness (QED) is 0.310. The maximum atomic E-state index is 15.6.